The molecular formula is C26H36NO4Si. The van der Waals surface area contributed by atoms with Crippen molar-refractivity contribution in [2.24, 2.45) is 5.41 Å². The van der Waals surface area contributed by atoms with E-state index in [1.165, 1.54) is 0 Å². The number of likely N-dealkylation sites (tertiary alicyclic amines) is 1. The number of aliphatic hydroxyl groups excluding tert-OH is 1. The number of carbonyl (C=O) groups is 1. The van der Waals surface area contributed by atoms with Crippen LogP contribution < -0.4 is 10.4 Å². The summed E-state index contributed by atoms with van der Waals surface area (Å²) < 4.78 is 12.5. The highest BCUT2D eigenvalue weighted by Gasteiger charge is 2.56. The minimum absolute atomic E-state index is 0.244. The Morgan fingerprint density at radius 3 is 1.94 bits per heavy atom. The Labute approximate surface area is 194 Å². The Kier molecular flexibility index (Phi) is 7.17. The number of hydrogen-bond donors (Lipinski definition) is 1. The molecule has 1 aliphatic heterocycles. The Morgan fingerprint density at radius 1 is 1.00 bits per heavy atom. The summed E-state index contributed by atoms with van der Waals surface area (Å²) >= 11 is 0. The van der Waals surface area contributed by atoms with Crippen LogP contribution >= 0.6 is 0 Å². The molecule has 1 heterocycles. The van der Waals surface area contributed by atoms with Gasteiger partial charge >= 0.3 is 6.09 Å². The van der Waals surface area contributed by atoms with Gasteiger partial charge in [-0.25, -0.2) is 4.79 Å². The highest BCUT2D eigenvalue weighted by Crippen LogP contribution is 2.44. The standard InChI is InChI=1S/C26H36NO4Si/c1-24(2,3)26(17-20(28)18-27(26)23(29)31-25(4,5)6)19-30-32(21-13-9-7-10-14-21)22-15-11-8-12-16-22/h7-16,20,28H,17-19H2,1-6H3/t20-,26-/m1/s1. The SMILES string of the molecule is CC(C)(C)OC(=O)N1C[C@H](O)C[C@@]1(CO[Si](c1ccccc1)c1ccccc1)C(C)(C)C. The third-order valence-corrected chi connectivity index (χ3v) is 8.17. The molecule has 0 spiro atoms. The molecule has 2 aromatic rings. The zero-order valence-corrected chi connectivity index (χ0v) is 21.1. The number of ether oxygens (including phenoxy) is 1. The van der Waals surface area contributed by atoms with E-state index in [9.17, 15) is 9.90 Å². The lowest BCUT2D eigenvalue weighted by molar-refractivity contribution is -0.0374. The van der Waals surface area contributed by atoms with E-state index < -0.39 is 32.4 Å². The normalized spacial score (nSPS) is 21.8. The van der Waals surface area contributed by atoms with Crippen molar-refractivity contribution in [2.75, 3.05) is 13.2 Å². The second-order valence-corrected chi connectivity index (χ2v) is 12.7. The molecule has 1 fully saturated rings. The molecule has 0 aliphatic carbocycles. The molecule has 5 nitrogen and oxygen atoms in total. The average Bonchev–Trinajstić information content (AvgIpc) is 3.06. The van der Waals surface area contributed by atoms with Crippen molar-refractivity contribution < 1.29 is 19.1 Å². The van der Waals surface area contributed by atoms with Crippen LogP contribution in [0.3, 0.4) is 0 Å². The maximum Gasteiger partial charge on any atom is 0.410 e. The number of carbonyl (C=O) groups excluding carboxylic acids is 1. The molecule has 1 radical (unpaired) electrons. The number of rotatable bonds is 5. The minimum atomic E-state index is -1.54. The minimum Gasteiger partial charge on any atom is -0.444 e. The lowest BCUT2D eigenvalue weighted by atomic mass is 9.72. The van der Waals surface area contributed by atoms with Gasteiger partial charge in [0.25, 0.3) is 9.04 Å². The zero-order valence-electron chi connectivity index (χ0n) is 20.1. The summed E-state index contributed by atoms with van der Waals surface area (Å²) in [6, 6.07) is 20.5. The first-order chi connectivity index (χ1) is 14.9. The fourth-order valence-electron chi connectivity index (χ4n) is 4.28. The molecule has 0 unspecified atom stereocenters. The summed E-state index contributed by atoms with van der Waals surface area (Å²) in [7, 11) is -1.54. The Hall–Kier alpha value is -2.15. The summed E-state index contributed by atoms with van der Waals surface area (Å²) in [6.07, 6.45) is -0.565. The molecule has 173 valence electrons. The van der Waals surface area contributed by atoms with E-state index in [-0.39, 0.29) is 12.0 Å². The summed E-state index contributed by atoms with van der Waals surface area (Å²) in [4.78, 5) is 14.9. The number of nitrogens with zero attached hydrogens (tertiary/aromatic N) is 1. The van der Waals surface area contributed by atoms with E-state index in [0.29, 0.717) is 13.0 Å². The van der Waals surface area contributed by atoms with Gasteiger partial charge in [0, 0.05) is 6.42 Å². The first-order valence-electron chi connectivity index (χ1n) is 11.2. The van der Waals surface area contributed by atoms with Gasteiger partial charge in [0.05, 0.1) is 24.8 Å². The number of amides is 1. The third kappa shape index (κ3) is 5.42. The predicted molar refractivity (Wildman–Crippen MR) is 130 cm³/mol. The first kappa shape index (κ1) is 24.5. The van der Waals surface area contributed by atoms with Crippen LogP contribution in [0.5, 0.6) is 0 Å². The molecule has 2 aromatic carbocycles. The van der Waals surface area contributed by atoms with Crippen LogP contribution in [0, 0.1) is 5.41 Å². The lowest BCUT2D eigenvalue weighted by Gasteiger charge is -2.48. The van der Waals surface area contributed by atoms with E-state index in [4.69, 9.17) is 9.16 Å². The summed E-state index contributed by atoms with van der Waals surface area (Å²) in [5.74, 6) is 0. The van der Waals surface area contributed by atoms with Crippen molar-refractivity contribution in [3.8, 4) is 0 Å². The molecule has 32 heavy (non-hydrogen) atoms. The number of benzene rings is 2. The predicted octanol–water partition coefficient (Wildman–Crippen LogP) is 3.60. The molecule has 1 aliphatic rings. The Balaban J connectivity index is 1.95. The second-order valence-electron chi connectivity index (χ2n) is 10.6. The van der Waals surface area contributed by atoms with Crippen molar-refractivity contribution in [1.29, 1.82) is 0 Å². The van der Waals surface area contributed by atoms with E-state index in [0.717, 1.165) is 10.4 Å². The van der Waals surface area contributed by atoms with Crippen LogP contribution in [-0.4, -0.2) is 55.5 Å². The van der Waals surface area contributed by atoms with E-state index in [1.54, 1.807) is 4.90 Å². The van der Waals surface area contributed by atoms with Crippen molar-refractivity contribution in [3.63, 3.8) is 0 Å². The van der Waals surface area contributed by atoms with E-state index in [1.807, 2.05) is 57.2 Å². The molecule has 1 saturated heterocycles. The first-order valence-corrected chi connectivity index (χ1v) is 12.6. The van der Waals surface area contributed by atoms with Crippen LogP contribution in [-0.2, 0) is 9.16 Å². The maximum atomic E-state index is 13.2. The molecule has 0 aromatic heterocycles. The highest BCUT2D eigenvalue weighted by atomic mass is 28.3. The van der Waals surface area contributed by atoms with Gasteiger partial charge in [-0.1, -0.05) is 81.4 Å². The maximum absolute atomic E-state index is 13.2. The van der Waals surface area contributed by atoms with Crippen LogP contribution in [0.1, 0.15) is 48.0 Å². The van der Waals surface area contributed by atoms with Crippen LogP contribution in [0.15, 0.2) is 60.7 Å². The van der Waals surface area contributed by atoms with Crippen LogP contribution in [0.4, 0.5) is 4.79 Å². The topological polar surface area (TPSA) is 59.0 Å². The molecule has 2 atom stereocenters. The smallest absolute Gasteiger partial charge is 0.410 e. The summed E-state index contributed by atoms with van der Waals surface area (Å²) in [5.41, 5.74) is -1.63. The van der Waals surface area contributed by atoms with Gasteiger partial charge in [0.2, 0.25) is 0 Å². The fourth-order valence-corrected chi connectivity index (χ4v) is 6.32. The quantitative estimate of drug-likeness (QED) is 0.702. The van der Waals surface area contributed by atoms with Gasteiger partial charge in [-0.3, -0.25) is 4.90 Å². The summed E-state index contributed by atoms with van der Waals surface area (Å²) in [6.45, 7) is 12.4. The van der Waals surface area contributed by atoms with Crippen molar-refractivity contribution >= 4 is 25.5 Å². The molecule has 6 heteroatoms. The largest absolute Gasteiger partial charge is 0.444 e. The number of β-amino-alcohol motifs (C(OH)–C–C–N with tert-alkyl or cyclic N) is 1. The van der Waals surface area contributed by atoms with Crippen LogP contribution in [0.2, 0.25) is 0 Å². The van der Waals surface area contributed by atoms with Gasteiger partial charge in [-0.05, 0) is 36.6 Å². The average molecular weight is 455 g/mol. The fraction of sp³-hybridized carbons (Fsp3) is 0.500. The number of hydrogen-bond acceptors (Lipinski definition) is 4. The van der Waals surface area contributed by atoms with Crippen molar-refractivity contribution in [1.82, 2.24) is 4.90 Å². The second kappa shape index (κ2) is 9.38. The Bertz CT molecular complexity index is 852. The molecule has 1 N–H and O–H groups in total. The van der Waals surface area contributed by atoms with Crippen molar-refractivity contribution in [3.05, 3.63) is 60.7 Å². The monoisotopic (exact) mass is 454 g/mol. The van der Waals surface area contributed by atoms with E-state index in [2.05, 4.69) is 45.0 Å². The van der Waals surface area contributed by atoms with Gasteiger partial charge in [-0.2, -0.15) is 0 Å². The van der Waals surface area contributed by atoms with Crippen LogP contribution in [0.25, 0.3) is 0 Å². The summed E-state index contributed by atoms with van der Waals surface area (Å²) in [5, 5.41) is 12.9. The van der Waals surface area contributed by atoms with E-state index >= 15 is 0 Å². The number of aliphatic hydroxyl groups is 1. The Morgan fingerprint density at radius 2 is 1.50 bits per heavy atom. The molecule has 0 saturated carbocycles. The van der Waals surface area contributed by atoms with Crippen molar-refractivity contribution in [2.45, 2.75) is 65.2 Å². The highest BCUT2D eigenvalue weighted by molar-refractivity contribution is 6.80. The van der Waals surface area contributed by atoms with Gasteiger partial charge in [0.15, 0.2) is 0 Å². The van der Waals surface area contributed by atoms with Gasteiger partial charge in [-0.15, -0.1) is 0 Å². The van der Waals surface area contributed by atoms with Gasteiger partial charge in [0.1, 0.15) is 5.60 Å². The lowest BCUT2D eigenvalue weighted by Crippen LogP contribution is -2.61. The third-order valence-electron chi connectivity index (χ3n) is 6.02. The molecule has 1 amide bonds. The molecule has 0 bridgehead atoms. The molecule has 3 rings (SSSR count). The molecular weight excluding hydrogens is 418 g/mol. The zero-order chi connectivity index (χ0) is 23.6. The van der Waals surface area contributed by atoms with Gasteiger partial charge < -0.3 is 14.3 Å².